The number of carbonyl (C=O) groups excluding carboxylic acids is 1. The van der Waals surface area contributed by atoms with E-state index in [1.807, 2.05) is 30.3 Å². The van der Waals surface area contributed by atoms with Crippen molar-refractivity contribution in [1.82, 2.24) is 14.9 Å². The fourth-order valence-electron chi connectivity index (χ4n) is 4.90. The van der Waals surface area contributed by atoms with E-state index in [4.69, 9.17) is 14.2 Å². The van der Waals surface area contributed by atoms with E-state index in [2.05, 4.69) is 35.3 Å². The van der Waals surface area contributed by atoms with Crippen LogP contribution in [0.5, 0.6) is 11.5 Å². The molecule has 1 saturated heterocycles. The van der Waals surface area contributed by atoms with Crippen LogP contribution in [0, 0.1) is 11.6 Å². The first kappa shape index (κ1) is 32.4. The highest BCUT2D eigenvalue weighted by Crippen LogP contribution is 2.42. The number of nitrogens with one attached hydrogen (secondary N) is 2. The van der Waals surface area contributed by atoms with Gasteiger partial charge < -0.3 is 29.4 Å². The van der Waals surface area contributed by atoms with Gasteiger partial charge >= 0.3 is 12.2 Å². The summed E-state index contributed by atoms with van der Waals surface area (Å²) in [6.07, 6.45) is -2.79. The van der Waals surface area contributed by atoms with Crippen LogP contribution >= 0.6 is 0 Å². The Morgan fingerprint density at radius 1 is 1.09 bits per heavy atom. The lowest BCUT2D eigenvalue weighted by Crippen LogP contribution is -2.54. The highest BCUT2D eigenvalue weighted by atomic mass is 28.3. The molecule has 1 fully saturated rings. The lowest BCUT2D eigenvalue weighted by molar-refractivity contribution is -0.136. The number of anilines is 1. The Hall–Kier alpha value is -4.01. The van der Waals surface area contributed by atoms with Gasteiger partial charge in [0.1, 0.15) is 18.1 Å². The minimum Gasteiger partial charge on any atom is -0.450 e. The van der Waals surface area contributed by atoms with E-state index in [1.54, 1.807) is 0 Å². The average Bonchev–Trinajstić information content (AvgIpc) is 3.33. The van der Waals surface area contributed by atoms with Crippen molar-refractivity contribution in [2.24, 2.45) is 0 Å². The molecule has 2 aromatic heterocycles. The fourth-order valence-corrected chi connectivity index (χ4v) is 5.66. The molecule has 0 radical (unpaired) electrons. The molecule has 2 amide bonds. The molecular formula is C31H33F5N4O4Si. The summed E-state index contributed by atoms with van der Waals surface area (Å²) in [5.41, 5.74) is -0.856. The molecular weight excluding hydrogens is 615 g/mol. The van der Waals surface area contributed by atoms with Crippen LogP contribution in [-0.4, -0.2) is 50.0 Å². The summed E-state index contributed by atoms with van der Waals surface area (Å²) in [5, 5.41) is 4.62. The van der Waals surface area contributed by atoms with Crippen LogP contribution in [0.15, 0.2) is 60.9 Å². The monoisotopic (exact) mass is 648 g/mol. The molecule has 240 valence electrons. The van der Waals surface area contributed by atoms with E-state index in [0.29, 0.717) is 19.8 Å². The number of urea groups is 1. The Balaban J connectivity index is 1.32. The third-order valence-electron chi connectivity index (χ3n) is 7.45. The number of nitrogens with zero attached hydrogens (tertiary/aromatic N) is 2. The molecule has 3 heterocycles. The van der Waals surface area contributed by atoms with Crippen LogP contribution in [0.2, 0.25) is 25.7 Å². The number of aromatic nitrogens is 2. The standard InChI is InChI=1S/C31H33F5N4O4Si/c1-45(2,3)12-11-42-19-40-15-22(31(34,35)36)26-25(9-10-37-28(26)40)44-27-23(32)13-21(14-24(27)33)39-29(41)38-16-30(17-43-18-30)20-7-5-4-6-8-20/h4-10,13-15H,11-12,16-19H2,1-3H3,(H2,38,39,41). The number of alkyl halides is 3. The van der Waals surface area contributed by atoms with Crippen molar-refractivity contribution >= 4 is 30.8 Å². The number of benzene rings is 2. The lowest BCUT2D eigenvalue weighted by atomic mass is 9.78. The van der Waals surface area contributed by atoms with E-state index in [-0.39, 0.29) is 24.6 Å². The van der Waals surface area contributed by atoms with Crippen molar-refractivity contribution in [2.75, 3.05) is 31.7 Å². The molecule has 1 aliphatic rings. The summed E-state index contributed by atoms with van der Waals surface area (Å²) in [4.78, 5) is 16.7. The number of pyridine rings is 1. The maximum absolute atomic E-state index is 15.1. The van der Waals surface area contributed by atoms with E-state index in [0.717, 1.165) is 36.0 Å². The zero-order valence-electron chi connectivity index (χ0n) is 24.9. The van der Waals surface area contributed by atoms with Crippen molar-refractivity contribution in [3.8, 4) is 11.5 Å². The third kappa shape index (κ3) is 7.45. The second-order valence-corrected chi connectivity index (χ2v) is 17.8. The van der Waals surface area contributed by atoms with Crippen LogP contribution < -0.4 is 15.4 Å². The van der Waals surface area contributed by atoms with Gasteiger partial charge in [0.2, 0.25) is 0 Å². The van der Waals surface area contributed by atoms with Gasteiger partial charge in [0.25, 0.3) is 0 Å². The maximum Gasteiger partial charge on any atom is 0.418 e. The third-order valence-corrected chi connectivity index (χ3v) is 9.15. The zero-order chi connectivity index (χ0) is 32.4. The largest absolute Gasteiger partial charge is 0.450 e. The van der Waals surface area contributed by atoms with Gasteiger partial charge in [-0.3, -0.25) is 0 Å². The quantitative estimate of drug-likeness (QED) is 0.0998. The molecule has 2 aromatic carbocycles. The number of amides is 2. The van der Waals surface area contributed by atoms with Crippen LogP contribution in [0.25, 0.3) is 11.0 Å². The van der Waals surface area contributed by atoms with Crippen molar-refractivity contribution in [3.05, 3.63) is 83.7 Å². The second-order valence-electron chi connectivity index (χ2n) is 12.2. The van der Waals surface area contributed by atoms with Gasteiger partial charge in [-0.2, -0.15) is 13.2 Å². The molecule has 0 bridgehead atoms. The van der Waals surface area contributed by atoms with Crippen LogP contribution in [0.4, 0.5) is 32.4 Å². The van der Waals surface area contributed by atoms with Gasteiger partial charge in [-0.1, -0.05) is 50.0 Å². The smallest absolute Gasteiger partial charge is 0.418 e. The molecule has 45 heavy (non-hydrogen) atoms. The molecule has 0 aliphatic carbocycles. The number of halogens is 5. The van der Waals surface area contributed by atoms with Crippen molar-refractivity contribution in [1.29, 1.82) is 0 Å². The van der Waals surface area contributed by atoms with E-state index < -0.39 is 59.8 Å². The SMILES string of the molecule is C[Si](C)(C)CCOCn1cc(C(F)(F)F)c2c(Oc3c(F)cc(NC(=O)NCC4(c5ccccc5)COC4)cc3F)ccnc21. The molecule has 2 N–H and O–H groups in total. The molecule has 0 saturated carbocycles. The lowest BCUT2D eigenvalue weighted by Gasteiger charge is -2.42. The normalized spacial score (nSPS) is 14.7. The summed E-state index contributed by atoms with van der Waals surface area (Å²) >= 11 is 0. The summed E-state index contributed by atoms with van der Waals surface area (Å²) in [6, 6.07) is 12.3. The summed E-state index contributed by atoms with van der Waals surface area (Å²) < 4.78 is 90.0. The Kier molecular flexibility index (Phi) is 9.19. The van der Waals surface area contributed by atoms with Crippen LogP contribution in [0.3, 0.4) is 0 Å². The summed E-state index contributed by atoms with van der Waals surface area (Å²) in [5.74, 6) is -3.84. The predicted molar refractivity (Wildman–Crippen MR) is 161 cm³/mol. The summed E-state index contributed by atoms with van der Waals surface area (Å²) in [6.45, 7) is 7.64. The second kappa shape index (κ2) is 12.8. The van der Waals surface area contributed by atoms with Crippen molar-refractivity contribution in [2.45, 2.75) is 44.0 Å². The van der Waals surface area contributed by atoms with Crippen molar-refractivity contribution < 1.29 is 41.0 Å². The van der Waals surface area contributed by atoms with E-state index in [9.17, 15) is 18.0 Å². The first-order valence-corrected chi connectivity index (χ1v) is 17.9. The molecule has 1 aliphatic heterocycles. The molecule has 5 rings (SSSR count). The van der Waals surface area contributed by atoms with E-state index in [1.165, 1.54) is 10.8 Å². The first-order chi connectivity index (χ1) is 21.3. The number of carbonyl (C=O) groups is 1. The van der Waals surface area contributed by atoms with Gasteiger partial charge in [-0.25, -0.2) is 18.6 Å². The van der Waals surface area contributed by atoms with Crippen molar-refractivity contribution in [3.63, 3.8) is 0 Å². The van der Waals surface area contributed by atoms with Crippen LogP contribution in [-0.2, 0) is 27.8 Å². The maximum atomic E-state index is 15.1. The van der Waals surface area contributed by atoms with E-state index >= 15 is 8.78 Å². The molecule has 4 aromatic rings. The number of hydrogen-bond donors (Lipinski definition) is 2. The van der Waals surface area contributed by atoms with Gasteiger partial charge in [0, 0.05) is 51.4 Å². The van der Waals surface area contributed by atoms with Gasteiger partial charge in [0.05, 0.1) is 29.6 Å². The topological polar surface area (TPSA) is 86.6 Å². The molecule has 0 atom stereocenters. The Morgan fingerprint density at radius 3 is 2.38 bits per heavy atom. The van der Waals surface area contributed by atoms with Gasteiger partial charge in [0.15, 0.2) is 17.4 Å². The Morgan fingerprint density at radius 2 is 1.78 bits per heavy atom. The molecule has 0 spiro atoms. The average molecular weight is 649 g/mol. The predicted octanol–water partition coefficient (Wildman–Crippen LogP) is 7.53. The fraction of sp³-hybridized carbons (Fsp3) is 0.355. The Bertz CT molecular complexity index is 1650. The van der Waals surface area contributed by atoms with Gasteiger partial charge in [-0.15, -0.1) is 0 Å². The minimum absolute atomic E-state index is 0.117. The summed E-state index contributed by atoms with van der Waals surface area (Å²) in [7, 11) is -1.43. The minimum atomic E-state index is -4.81. The molecule has 0 unspecified atom stereocenters. The first-order valence-electron chi connectivity index (χ1n) is 14.2. The highest BCUT2D eigenvalue weighted by Gasteiger charge is 2.40. The van der Waals surface area contributed by atoms with Gasteiger partial charge in [-0.05, 0) is 17.7 Å². The number of hydrogen-bond acceptors (Lipinski definition) is 5. The molecule has 8 nitrogen and oxygen atoms in total. The highest BCUT2D eigenvalue weighted by molar-refractivity contribution is 6.76. The number of fused-ring (bicyclic) bond motifs is 1. The number of ether oxygens (including phenoxy) is 3. The number of rotatable bonds is 11. The zero-order valence-corrected chi connectivity index (χ0v) is 25.9. The van der Waals surface area contributed by atoms with Crippen LogP contribution in [0.1, 0.15) is 11.1 Å². The molecule has 14 heteroatoms. The Labute approximate surface area is 257 Å².